The van der Waals surface area contributed by atoms with Crippen molar-refractivity contribution in [3.8, 4) is 0 Å². The van der Waals surface area contributed by atoms with Gasteiger partial charge >= 0.3 is 6.18 Å². The fraction of sp³-hybridized carbons (Fsp3) is 0.143. The summed E-state index contributed by atoms with van der Waals surface area (Å²) in [5.41, 5.74) is -1.47. The Hall–Kier alpha value is -2.22. The van der Waals surface area contributed by atoms with Crippen molar-refractivity contribution in [3.05, 3.63) is 53.3 Å². The largest absolute Gasteiger partial charge is 0.416 e. The molecular weight excluding hydrogens is 317 g/mol. The maximum atomic E-state index is 12.6. The summed E-state index contributed by atoms with van der Waals surface area (Å²) in [6.45, 7) is 0. The molecule has 0 fully saturated rings. The third kappa shape index (κ3) is 3.51. The second-order valence-corrected chi connectivity index (χ2v) is 4.94. The first kappa shape index (κ1) is 16.2. The highest BCUT2D eigenvalue weighted by Gasteiger charge is 2.31. The van der Waals surface area contributed by atoms with Gasteiger partial charge in [-0.25, -0.2) is 9.97 Å². The lowest BCUT2D eigenvalue weighted by atomic mass is 10.0. The van der Waals surface area contributed by atoms with E-state index >= 15 is 0 Å². The Kier molecular flexibility index (Phi) is 4.60. The topological polar surface area (TPSA) is 59.9 Å². The molecule has 0 saturated heterocycles. The van der Waals surface area contributed by atoms with Crippen molar-refractivity contribution in [2.24, 2.45) is 0 Å². The lowest BCUT2D eigenvalue weighted by Gasteiger charge is -2.07. The number of carbonyl (C=O) groups is 2. The van der Waals surface area contributed by atoms with Crippen molar-refractivity contribution >= 4 is 23.3 Å². The lowest BCUT2D eigenvalue weighted by molar-refractivity contribution is -0.137. The number of carbonyl (C=O) groups excluding carboxylic acids is 2. The van der Waals surface area contributed by atoms with E-state index in [1.54, 1.807) is 6.26 Å². The van der Waals surface area contributed by atoms with Gasteiger partial charge in [0.2, 0.25) is 5.78 Å². The van der Waals surface area contributed by atoms with Crippen molar-refractivity contribution < 1.29 is 22.8 Å². The second-order valence-electron chi connectivity index (χ2n) is 4.17. The smallest absolute Gasteiger partial charge is 0.285 e. The summed E-state index contributed by atoms with van der Waals surface area (Å²) >= 11 is 1.18. The molecule has 0 aliphatic heterocycles. The molecule has 8 heteroatoms. The molecule has 1 heterocycles. The van der Waals surface area contributed by atoms with Gasteiger partial charge in [-0.05, 0) is 24.5 Å². The number of nitrogens with zero attached hydrogens (tertiary/aromatic N) is 2. The van der Waals surface area contributed by atoms with Crippen LogP contribution in [0, 0.1) is 0 Å². The van der Waals surface area contributed by atoms with E-state index in [1.165, 1.54) is 24.0 Å². The van der Waals surface area contributed by atoms with E-state index in [0.29, 0.717) is 11.2 Å². The minimum absolute atomic E-state index is 0.151. The fourth-order valence-corrected chi connectivity index (χ4v) is 2.01. The number of alkyl halides is 3. The number of aromatic nitrogens is 2. The van der Waals surface area contributed by atoms with Gasteiger partial charge in [-0.2, -0.15) is 13.2 Å². The predicted octanol–water partition coefficient (Wildman–Crippen LogP) is 3.28. The van der Waals surface area contributed by atoms with Gasteiger partial charge in [0.05, 0.1) is 5.56 Å². The lowest BCUT2D eigenvalue weighted by Crippen LogP contribution is -2.17. The summed E-state index contributed by atoms with van der Waals surface area (Å²) in [5.74, 6) is -2.02. The number of ketones is 2. The first-order valence-corrected chi connectivity index (χ1v) is 7.18. The molecule has 2 rings (SSSR count). The van der Waals surface area contributed by atoms with Gasteiger partial charge in [0.25, 0.3) is 5.78 Å². The van der Waals surface area contributed by atoms with Crippen molar-refractivity contribution in [2.45, 2.75) is 11.3 Å². The molecule has 0 unspecified atom stereocenters. The highest BCUT2D eigenvalue weighted by atomic mass is 32.2. The van der Waals surface area contributed by atoms with Crippen LogP contribution in [0.1, 0.15) is 26.4 Å². The molecule has 0 atom stereocenters. The molecule has 1 aromatic heterocycles. The van der Waals surface area contributed by atoms with Gasteiger partial charge in [-0.15, -0.1) is 0 Å². The minimum atomic E-state index is -4.58. The molecule has 0 aliphatic rings. The Morgan fingerprint density at radius 2 is 1.86 bits per heavy atom. The van der Waals surface area contributed by atoms with Crippen LogP contribution in [-0.4, -0.2) is 27.8 Å². The van der Waals surface area contributed by atoms with E-state index in [1.807, 2.05) is 0 Å². The Balaban J connectivity index is 2.33. The molecule has 1 aromatic carbocycles. The van der Waals surface area contributed by atoms with Gasteiger partial charge < -0.3 is 0 Å². The van der Waals surface area contributed by atoms with E-state index in [-0.39, 0.29) is 11.3 Å². The van der Waals surface area contributed by atoms with E-state index in [9.17, 15) is 22.8 Å². The number of Topliss-reactive ketones (excluding diaryl/α,β-unsaturated/α-hetero) is 2. The summed E-state index contributed by atoms with van der Waals surface area (Å²) in [4.78, 5) is 31.8. The van der Waals surface area contributed by atoms with Crippen LogP contribution < -0.4 is 0 Å². The standard InChI is InChI=1S/C14H9F3N2O2S/c1-22-13-18-6-5-10(19-13)12(21)11(20)8-3-2-4-9(7-8)14(15,16)17/h2-7H,1H3. The molecule has 0 saturated carbocycles. The van der Waals surface area contributed by atoms with Gasteiger partial charge in [0.1, 0.15) is 5.69 Å². The van der Waals surface area contributed by atoms with Gasteiger partial charge in [-0.3, -0.25) is 9.59 Å². The van der Waals surface area contributed by atoms with Gasteiger partial charge in [0, 0.05) is 11.8 Å². The van der Waals surface area contributed by atoms with Crippen LogP contribution in [-0.2, 0) is 6.18 Å². The van der Waals surface area contributed by atoms with Crippen molar-refractivity contribution in [3.63, 3.8) is 0 Å². The number of benzene rings is 1. The summed E-state index contributed by atoms with van der Waals surface area (Å²) in [6.07, 6.45) is -1.58. The molecule has 0 spiro atoms. The molecule has 0 N–H and O–H groups in total. The zero-order chi connectivity index (χ0) is 16.3. The van der Waals surface area contributed by atoms with Crippen LogP contribution in [0.25, 0.3) is 0 Å². The normalized spacial score (nSPS) is 11.3. The third-order valence-electron chi connectivity index (χ3n) is 2.71. The maximum absolute atomic E-state index is 12.6. The summed E-state index contributed by atoms with van der Waals surface area (Å²) < 4.78 is 37.9. The van der Waals surface area contributed by atoms with Crippen molar-refractivity contribution in [1.82, 2.24) is 9.97 Å². The number of halogens is 3. The van der Waals surface area contributed by atoms with Crippen LogP contribution in [0.5, 0.6) is 0 Å². The van der Waals surface area contributed by atoms with Crippen LogP contribution in [0.3, 0.4) is 0 Å². The zero-order valence-electron chi connectivity index (χ0n) is 11.2. The number of rotatable bonds is 4. The van der Waals surface area contributed by atoms with Crippen molar-refractivity contribution in [2.75, 3.05) is 6.26 Å². The van der Waals surface area contributed by atoms with Crippen LogP contribution >= 0.6 is 11.8 Å². The Morgan fingerprint density at radius 1 is 1.14 bits per heavy atom. The average Bonchev–Trinajstić information content (AvgIpc) is 2.53. The Bertz CT molecular complexity index is 732. The van der Waals surface area contributed by atoms with E-state index in [2.05, 4.69) is 9.97 Å². The molecule has 0 amide bonds. The summed E-state index contributed by atoms with van der Waals surface area (Å²) in [6, 6.07) is 4.96. The van der Waals surface area contributed by atoms with Crippen molar-refractivity contribution in [1.29, 1.82) is 0 Å². The van der Waals surface area contributed by atoms with Gasteiger partial charge in [0.15, 0.2) is 5.16 Å². The number of hydrogen-bond acceptors (Lipinski definition) is 5. The number of thioether (sulfide) groups is 1. The molecule has 0 bridgehead atoms. The molecule has 4 nitrogen and oxygen atoms in total. The van der Waals surface area contributed by atoms with E-state index < -0.39 is 23.3 Å². The molecule has 2 aromatic rings. The molecule has 0 radical (unpaired) electrons. The SMILES string of the molecule is CSc1nccc(C(=O)C(=O)c2cccc(C(F)(F)F)c2)n1. The van der Waals surface area contributed by atoms with E-state index in [0.717, 1.165) is 18.2 Å². The van der Waals surface area contributed by atoms with E-state index in [4.69, 9.17) is 0 Å². The predicted molar refractivity (Wildman–Crippen MR) is 73.9 cm³/mol. The molecule has 22 heavy (non-hydrogen) atoms. The summed E-state index contributed by atoms with van der Waals surface area (Å²) in [5, 5.41) is 0.294. The monoisotopic (exact) mass is 326 g/mol. The Morgan fingerprint density at radius 3 is 2.50 bits per heavy atom. The number of hydrogen-bond donors (Lipinski definition) is 0. The first-order valence-electron chi connectivity index (χ1n) is 5.96. The minimum Gasteiger partial charge on any atom is -0.285 e. The molecular formula is C14H9F3N2O2S. The van der Waals surface area contributed by atoms with Crippen LogP contribution in [0.15, 0.2) is 41.7 Å². The zero-order valence-corrected chi connectivity index (χ0v) is 12.0. The third-order valence-corrected chi connectivity index (χ3v) is 3.27. The second kappa shape index (κ2) is 6.27. The molecule has 114 valence electrons. The van der Waals surface area contributed by atoms with Gasteiger partial charge in [-0.1, -0.05) is 23.9 Å². The highest BCUT2D eigenvalue weighted by molar-refractivity contribution is 7.98. The van der Waals surface area contributed by atoms with Crippen LogP contribution in [0.2, 0.25) is 0 Å². The summed E-state index contributed by atoms with van der Waals surface area (Å²) in [7, 11) is 0. The molecule has 0 aliphatic carbocycles. The highest BCUT2D eigenvalue weighted by Crippen LogP contribution is 2.29. The quantitative estimate of drug-likeness (QED) is 0.373. The average molecular weight is 326 g/mol. The fourth-order valence-electron chi connectivity index (χ4n) is 1.65. The Labute approximate surface area is 127 Å². The maximum Gasteiger partial charge on any atom is 0.416 e. The first-order chi connectivity index (χ1) is 10.3. The van der Waals surface area contributed by atoms with Crippen LogP contribution in [0.4, 0.5) is 13.2 Å².